The number of fused-ring (bicyclic) bond motifs is 7. The third-order valence-corrected chi connectivity index (χ3v) is 19.3. The maximum absolute atomic E-state index is 14.0. The number of hydrogen-bond donors (Lipinski definition) is 2. The van der Waals surface area contributed by atoms with Crippen LogP contribution in [0.3, 0.4) is 0 Å². The fourth-order valence-electron chi connectivity index (χ4n) is 14.6. The lowest BCUT2D eigenvalue weighted by atomic mass is 9.33. The maximum Gasteiger partial charge on any atom is 0.312 e. The van der Waals surface area contributed by atoms with Crippen molar-refractivity contribution < 1.29 is 22.7 Å². The van der Waals surface area contributed by atoms with E-state index in [1.807, 2.05) is 0 Å². The van der Waals surface area contributed by atoms with Gasteiger partial charge in [0.2, 0.25) is 0 Å². The molecule has 51 heavy (non-hydrogen) atoms. The summed E-state index contributed by atoms with van der Waals surface area (Å²) >= 11 is 0. The molecule has 5 fully saturated rings. The lowest BCUT2D eigenvalue weighted by molar-refractivity contribution is -0.221. The number of alkyl halides is 1. The summed E-state index contributed by atoms with van der Waals surface area (Å²) in [4.78, 5) is 14.3. The number of halogens is 1. The van der Waals surface area contributed by atoms with Crippen LogP contribution >= 0.6 is 0 Å². The molecule has 1 saturated heterocycles. The van der Waals surface area contributed by atoms with Gasteiger partial charge in [0.1, 0.15) is 6.67 Å². The van der Waals surface area contributed by atoms with Crippen LogP contribution in [0, 0.1) is 56.7 Å². The van der Waals surface area contributed by atoms with Crippen molar-refractivity contribution in [3.8, 4) is 0 Å². The average Bonchev–Trinajstić information content (AvgIpc) is 3.46. The van der Waals surface area contributed by atoms with Crippen molar-refractivity contribution in [1.82, 2.24) is 10.2 Å². The molecule has 10 unspecified atom stereocenters. The summed E-state index contributed by atoms with van der Waals surface area (Å²) in [6.07, 6.45) is 16.9. The van der Waals surface area contributed by atoms with Gasteiger partial charge in [-0.3, -0.25) is 4.79 Å². The van der Waals surface area contributed by atoms with Gasteiger partial charge < -0.3 is 15.3 Å². The van der Waals surface area contributed by atoms with Crippen LogP contribution in [0.1, 0.15) is 119 Å². The van der Waals surface area contributed by atoms with Gasteiger partial charge in [-0.1, -0.05) is 58.9 Å². The first-order valence-corrected chi connectivity index (χ1v) is 22.2. The fraction of sp³-hybridized carbons (Fsp3) is 0.837. The van der Waals surface area contributed by atoms with Gasteiger partial charge >= 0.3 is 5.97 Å². The highest BCUT2D eigenvalue weighted by atomic mass is 32.2. The molecule has 0 amide bonds. The van der Waals surface area contributed by atoms with Crippen LogP contribution in [-0.2, 0) is 14.6 Å². The summed E-state index contributed by atoms with van der Waals surface area (Å²) in [6.45, 7) is 22.1. The molecule has 7 rings (SSSR count). The Morgan fingerprint density at radius 2 is 1.67 bits per heavy atom. The number of nitrogens with zero attached hydrogens (tertiary/aromatic N) is 1. The smallest absolute Gasteiger partial charge is 0.312 e. The highest BCUT2D eigenvalue weighted by Crippen LogP contribution is 2.76. The van der Waals surface area contributed by atoms with Crippen molar-refractivity contribution in [2.75, 3.05) is 44.4 Å². The number of hydrogen-bond acceptors (Lipinski definition) is 5. The molecular formula is C43H67FN2O4S. The summed E-state index contributed by atoms with van der Waals surface area (Å²) in [5, 5.41) is 14.0. The molecule has 0 spiro atoms. The van der Waals surface area contributed by atoms with Gasteiger partial charge in [-0.2, -0.15) is 0 Å². The summed E-state index contributed by atoms with van der Waals surface area (Å²) in [5.41, 5.74) is 3.60. The Hall–Kier alpha value is -1.51. The van der Waals surface area contributed by atoms with E-state index in [9.17, 15) is 22.7 Å². The summed E-state index contributed by atoms with van der Waals surface area (Å²) in [7, 11) is -2.87. The van der Waals surface area contributed by atoms with Crippen LogP contribution in [0.4, 0.5) is 4.39 Å². The predicted molar refractivity (Wildman–Crippen MR) is 204 cm³/mol. The molecular weight excluding hydrogens is 660 g/mol. The number of allylic oxidation sites excluding steroid dienone is 5. The van der Waals surface area contributed by atoms with Crippen molar-refractivity contribution in [2.24, 2.45) is 56.7 Å². The van der Waals surface area contributed by atoms with Crippen LogP contribution in [0.25, 0.3) is 0 Å². The molecule has 0 radical (unpaired) electrons. The molecule has 10 atom stereocenters. The average molecular weight is 727 g/mol. The molecule has 0 aromatic heterocycles. The van der Waals surface area contributed by atoms with Crippen LogP contribution in [0.15, 0.2) is 35.5 Å². The molecule has 4 saturated carbocycles. The van der Waals surface area contributed by atoms with Gasteiger partial charge in [-0.25, -0.2) is 12.8 Å². The molecule has 0 aromatic rings. The first kappa shape index (κ1) is 37.8. The van der Waals surface area contributed by atoms with Gasteiger partial charge in [-0.15, -0.1) is 0 Å². The van der Waals surface area contributed by atoms with E-state index in [0.717, 1.165) is 19.5 Å². The van der Waals surface area contributed by atoms with E-state index in [4.69, 9.17) is 0 Å². The van der Waals surface area contributed by atoms with Crippen molar-refractivity contribution in [3.05, 3.63) is 35.5 Å². The molecule has 1 aliphatic heterocycles. The molecule has 0 aromatic carbocycles. The minimum atomic E-state index is -2.87. The normalized spacial score (nSPS) is 46.1. The quantitative estimate of drug-likeness (QED) is 0.245. The largest absolute Gasteiger partial charge is 0.481 e. The number of nitrogens with one attached hydrogen (secondary N) is 1. The Morgan fingerprint density at radius 1 is 0.941 bits per heavy atom. The van der Waals surface area contributed by atoms with Crippen LogP contribution < -0.4 is 5.32 Å². The molecule has 286 valence electrons. The second kappa shape index (κ2) is 12.8. The summed E-state index contributed by atoms with van der Waals surface area (Å²) in [6, 6.07) is 0. The SMILES string of the molecule is C=C(C)C1CCC2(NCCN3CCS(=O)(=O)CC3)CCC3(C)C(CCC4C5(C)CC=C(C6=CCC(CF)(C(=O)O)CC6)C(C)(C)C5CCC43C)C12. The Labute approximate surface area is 308 Å². The van der Waals surface area contributed by atoms with Gasteiger partial charge in [0.15, 0.2) is 9.84 Å². The topological polar surface area (TPSA) is 86.7 Å². The van der Waals surface area contributed by atoms with Gasteiger partial charge in [0, 0.05) is 31.7 Å². The summed E-state index contributed by atoms with van der Waals surface area (Å²) < 4.78 is 38.0. The third kappa shape index (κ3) is 5.71. The lowest BCUT2D eigenvalue weighted by Gasteiger charge is -2.72. The van der Waals surface area contributed by atoms with Crippen LogP contribution in [0.5, 0.6) is 0 Å². The van der Waals surface area contributed by atoms with E-state index in [-0.39, 0.29) is 33.6 Å². The molecule has 1 heterocycles. The molecule has 2 N–H and O–H groups in total. The van der Waals surface area contributed by atoms with Gasteiger partial charge in [0.25, 0.3) is 0 Å². The van der Waals surface area contributed by atoms with E-state index in [1.54, 1.807) is 0 Å². The van der Waals surface area contributed by atoms with E-state index in [0.29, 0.717) is 67.0 Å². The standard InChI is InChI=1S/C43H67FN2O4S/c1-29(2)31-12-19-43(45-22-23-46-24-26-51(49,50)27-25-46)21-20-40(6)33(36(31)43)8-9-35-39(5)15-13-32(38(3,4)34(39)14-16-41(35,40)7)30-10-17-42(28-44,18-11-30)37(47)48/h10,13,31,33-36,45H,1,8-9,11-12,14-28H2,2-7H3,(H,47,48). The molecule has 7 aliphatic rings. The Morgan fingerprint density at radius 3 is 2.29 bits per heavy atom. The zero-order valence-corrected chi connectivity index (χ0v) is 33.4. The van der Waals surface area contributed by atoms with Crippen molar-refractivity contribution in [3.63, 3.8) is 0 Å². The van der Waals surface area contributed by atoms with Crippen molar-refractivity contribution >= 4 is 15.8 Å². The van der Waals surface area contributed by atoms with E-state index >= 15 is 0 Å². The van der Waals surface area contributed by atoms with Crippen LogP contribution in [-0.4, -0.2) is 74.3 Å². The minimum Gasteiger partial charge on any atom is -0.481 e. The number of carboxylic acids is 1. The monoisotopic (exact) mass is 726 g/mol. The second-order valence-electron chi connectivity index (χ2n) is 20.0. The highest BCUT2D eigenvalue weighted by molar-refractivity contribution is 7.91. The number of sulfone groups is 1. The molecule has 0 bridgehead atoms. The highest BCUT2D eigenvalue weighted by Gasteiger charge is 2.70. The number of carbonyl (C=O) groups is 1. The minimum absolute atomic E-state index is 0.0163. The summed E-state index contributed by atoms with van der Waals surface area (Å²) in [5.74, 6) is 2.58. The zero-order valence-electron chi connectivity index (χ0n) is 32.6. The van der Waals surface area contributed by atoms with Crippen LogP contribution in [0.2, 0.25) is 0 Å². The first-order chi connectivity index (χ1) is 23.9. The van der Waals surface area contributed by atoms with Crippen molar-refractivity contribution in [2.45, 2.75) is 124 Å². The van der Waals surface area contributed by atoms with Gasteiger partial charge in [0.05, 0.1) is 16.9 Å². The Kier molecular flexibility index (Phi) is 9.47. The molecule has 6 aliphatic carbocycles. The van der Waals surface area contributed by atoms with E-state index in [2.05, 4.69) is 70.5 Å². The Bertz CT molecular complexity index is 1590. The second-order valence-corrected chi connectivity index (χ2v) is 22.3. The van der Waals surface area contributed by atoms with E-state index < -0.39 is 27.9 Å². The van der Waals surface area contributed by atoms with E-state index in [1.165, 1.54) is 68.1 Å². The third-order valence-electron chi connectivity index (χ3n) is 17.7. The number of rotatable bonds is 8. The maximum atomic E-state index is 14.0. The van der Waals surface area contributed by atoms with Crippen molar-refractivity contribution in [1.29, 1.82) is 0 Å². The lowest BCUT2D eigenvalue weighted by Crippen LogP contribution is -2.68. The van der Waals surface area contributed by atoms with Gasteiger partial charge in [-0.05, 0) is 146 Å². The molecule has 8 heteroatoms. The zero-order chi connectivity index (χ0) is 36.8. The molecule has 6 nitrogen and oxygen atoms in total. The first-order valence-electron chi connectivity index (χ1n) is 20.4. The number of aliphatic carboxylic acids is 1. The fourth-order valence-corrected chi connectivity index (χ4v) is 15.8. The number of carboxylic acid groups (broad SMARTS) is 1. The Balaban J connectivity index is 1.13. The predicted octanol–water partition coefficient (Wildman–Crippen LogP) is 8.40.